The van der Waals surface area contributed by atoms with Gasteiger partial charge in [-0.05, 0) is 18.0 Å². The second-order valence-corrected chi connectivity index (χ2v) is 6.19. The molecule has 0 fully saturated rings. The number of nitrogens with zero attached hydrogens (tertiary/aromatic N) is 3. The van der Waals surface area contributed by atoms with Crippen LogP contribution in [0.2, 0.25) is 5.28 Å². The van der Waals surface area contributed by atoms with Crippen LogP contribution in [0.1, 0.15) is 13.3 Å². The second-order valence-electron chi connectivity index (χ2n) is 3.87. The zero-order valence-corrected chi connectivity index (χ0v) is 12.3. The summed E-state index contributed by atoms with van der Waals surface area (Å²) >= 11 is 5.55. The third kappa shape index (κ3) is 5.25. The Kier molecular flexibility index (Phi) is 5.89. The van der Waals surface area contributed by atoms with Crippen molar-refractivity contribution in [2.24, 2.45) is 0 Å². The van der Waals surface area contributed by atoms with Gasteiger partial charge in [-0.2, -0.15) is 4.98 Å². The summed E-state index contributed by atoms with van der Waals surface area (Å²) in [5, 5.41) is 2.71. The van der Waals surface area contributed by atoms with E-state index in [1.807, 2.05) is 0 Å². The molecule has 0 bridgehead atoms. The van der Waals surface area contributed by atoms with Crippen molar-refractivity contribution in [2.45, 2.75) is 13.3 Å². The highest BCUT2D eigenvalue weighted by atomic mass is 35.5. The van der Waals surface area contributed by atoms with E-state index in [-0.39, 0.29) is 11.1 Å². The first kappa shape index (κ1) is 16.1. The van der Waals surface area contributed by atoms with Crippen LogP contribution in [0, 0.1) is 5.82 Å². The molecule has 0 amide bonds. The lowest BCUT2D eigenvalue weighted by atomic mass is 10.4. The molecule has 19 heavy (non-hydrogen) atoms. The van der Waals surface area contributed by atoms with E-state index in [1.165, 1.54) is 4.31 Å². The van der Waals surface area contributed by atoms with E-state index >= 15 is 0 Å². The van der Waals surface area contributed by atoms with Crippen LogP contribution in [0.5, 0.6) is 0 Å². The number of halogens is 2. The fourth-order valence-corrected chi connectivity index (χ4v) is 2.55. The first-order valence-electron chi connectivity index (χ1n) is 5.71. The number of hydrogen-bond donors (Lipinski definition) is 1. The maximum absolute atomic E-state index is 13.3. The van der Waals surface area contributed by atoms with Gasteiger partial charge in [-0.15, -0.1) is 0 Å². The molecule has 1 heterocycles. The van der Waals surface area contributed by atoms with E-state index in [0.29, 0.717) is 26.1 Å². The van der Waals surface area contributed by atoms with E-state index in [2.05, 4.69) is 15.3 Å². The first-order valence-corrected chi connectivity index (χ1v) is 7.94. The summed E-state index contributed by atoms with van der Waals surface area (Å²) in [6.07, 6.45) is 2.67. The average Bonchev–Trinajstić information content (AvgIpc) is 2.31. The van der Waals surface area contributed by atoms with E-state index in [0.717, 1.165) is 12.5 Å². The molecule has 1 aromatic heterocycles. The van der Waals surface area contributed by atoms with E-state index in [1.54, 1.807) is 6.92 Å². The zero-order valence-electron chi connectivity index (χ0n) is 10.7. The molecule has 9 heteroatoms. The van der Waals surface area contributed by atoms with Crippen molar-refractivity contribution in [3.8, 4) is 0 Å². The van der Waals surface area contributed by atoms with Gasteiger partial charge in [0, 0.05) is 19.6 Å². The summed E-state index contributed by atoms with van der Waals surface area (Å²) in [5.74, 6) is -0.581. The second kappa shape index (κ2) is 6.97. The zero-order chi connectivity index (χ0) is 14.5. The Labute approximate surface area is 117 Å². The lowest BCUT2D eigenvalue weighted by Gasteiger charge is -2.17. The van der Waals surface area contributed by atoms with Crippen molar-refractivity contribution >= 4 is 27.4 Å². The van der Waals surface area contributed by atoms with Crippen LogP contribution in [0.25, 0.3) is 0 Å². The lowest BCUT2D eigenvalue weighted by molar-refractivity contribution is 0.428. The van der Waals surface area contributed by atoms with Crippen LogP contribution in [-0.4, -0.2) is 48.6 Å². The highest BCUT2D eigenvalue weighted by molar-refractivity contribution is 7.88. The molecule has 0 aliphatic rings. The van der Waals surface area contributed by atoms with Gasteiger partial charge in [-0.3, -0.25) is 0 Å². The van der Waals surface area contributed by atoms with Crippen LogP contribution in [0.4, 0.5) is 10.2 Å². The van der Waals surface area contributed by atoms with Gasteiger partial charge < -0.3 is 5.32 Å². The van der Waals surface area contributed by atoms with Crippen molar-refractivity contribution in [3.05, 3.63) is 17.3 Å². The Hall–Kier alpha value is -0.990. The Morgan fingerprint density at radius 3 is 2.79 bits per heavy atom. The normalized spacial score (nSPS) is 11.8. The lowest BCUT2D eigenvalue weighted by Crippen LogP contribution is -2.31. The molecule has 0 aromatic carbocycles. The summed E-state index contributed by atoms with van der Waals surface area (Å²) < 4.78 is 37.3. The number of nitrogens with one attached hydrogen (secondary N) is 1. The highest BCUT2D eigenvalue weighted by Gasteiger charge is 2.13. The minimum atomic E-state index is -3.19. The maximum Gasteiger partial charge on any atom is 0.224 e. The van der Waals surface area contributed by atoms with Gasteiger partial charge in [0.2, 0.25) is 15.3 Å². The molecular weight excluding hydrogens is 295 g/mol. The predicted molar refractivity (Wildman–Crippen MR) is 72.2 cm³/mol. The molecular formula is C10H16ClFN4O2S. The van der Waals surface area contributed by atoms with Crippen molar-refractivity contribution in [3.63, 3.8) is 0 Å². The van der Waals surface area contributed by atoms with Crippen molar-refractivity contribution in [2.75, 3.05) is 31.2 Å². The molecule has 1 aromatic rings. The van der Waals surface area contributed by atoms with Crippen LogP contribution in [-0.2, 0) is 10.0 Å². The summed E-state index contributed by atoms with van der Waals surface area (Å²) in [6.45, 7) is 2.92. The number of rotatable bonds is 7. The van der Waals surface area contributed by atoms with Gasteiger partial charge >= 0.3 is 0 Å². The number of anilines is 1. The molecule has 0 saturated carbocycles. The standard InChI is InChI=1S/C10H16ClFN4O2S/c1-3-16(19(2,17)18)6-4-5-13-9-8(12)7-14-10(11)15-9/h7H,3-6H2,1-2H3,(H,13,14,15). The average molecular weight is 311 g/mol. The largest absolute Gasteiger partial charge is 0.367 e. The topological polar surface area (TPSA) is 75.2 Å². The number of sulfonamides is 1. The van der Waals surface area contributed by atoms with Crippen molar-refractivity contribution in [1.82, 2.24) is 14.3 Å². The summed E-state index contributed by atoms with van der Waals surface area (Å²) in [5.41, 5.74) is 0. The van der Waals surface area contributed by atoms with Gasteiger partial charge in [-0.1, -0.05) is 6.92 Å². The van der Waals surface area contributed by atoms with Crippen LogP contribution in [0.15, 0.2) is 6.20 Å². The molecule has 0 spiro atoms. The molecule has 0 atom stereocenters. The maximum atomic E-state index is 13.3. The smallest absolute Gasteiger partial charge is 0.224 e. The van der Waals surface area contributed by atoms with Gasteiger partial charge in [0.15, 0.2) is 11.6 Å². The molecule has 0 aliphatic carbocycles. The van der Waals surface area contributed by atoms with E-state index in [9.17, 15) is 12.8 Å². The number of hydrogen-bond acceptors (Lipinski definition) is 5. The first-order chi connectivity index (χ1) is 8.84. The van der Waals surface area contributed by atoms with Crippen LogP contribution < -0.4 is 5.32 Å². The van der Waals surface area contributed by atoms with Crippen molar-refractivity contribution < 1.29 is 12.8 Å². The molecule has 1 N–H and O–H groups in total. The van der Waals surface area contributed by atoms with Gasteiger partial charge in [0.25, 0.3) is 0 Å². The molecule has 1 rings (SSSR count). The predicted octanol–water partition coefficient (Wildman–Crippen LogP) is 1.35. The van der Waals surface area contributed by atoms with Crippen LogP contribution in [0.3, 0.4) is 0 Å². The molecule has 108 valence electrons. The molecule has 0 saturated heterocycles. The summed E-state index contributed by atoms with van der Waals surface area (Å²) in [6, 6.07) is 0. The quantitative estimate of drug-likeness (QED) is 0.608. The Bertz CT molecular complexity index is 526. The Morgan fingerprint density at radius 1 is 1.53 bits per heavy atom. The SMILES string of the molecule is CCN(CCCNc1nc(Cl)ncc1F)S(C)(=O)=O. The molecule has 0 aliphatic heterocycles. The Balaban J connectivity index is 2.45. The summed E-state index contributed by atoms with van der Waals surface area (Å²) in [4.78, 5) is 7.19. The van der Waals surface area contributed by atoms with Gasteiger partial charge in [0.1, 0.15) is 0 Å². The third-order valence-corrected chi connectivity index (χ3v) is 3.97. The van der Waals surface area contributed by atoms with Gasteiger partial charge in [0.05, 0.1) is 12.5 Å². The molecule has 0 unspecified atom stereocenters. The molecule has 0 radical (unpaired) electrons. The van der Waals surface area contributed by atoms with Crippen molar-refractivity contribution in [1.29, 1.82) is 0 Å². The monoisotopic (exact) mass is 310 g/mol. The third-order valence-electron chi connectivity index (χ3n) is 2.41. The fourth-order valence-electron chi connectivity index (χ4n) is 1.49. The molecule has 6 nitrogen and oxygen atoms in total. The summed E-state index contributed by atoms with van der Waals surface area (Å²) in [7, 11) is -3.19. The van der Waals surface area contributed by atoms with E-state index in [4.69, 9.17) is 11.6 Å². The minimum Gasteiger partial charge on any atom is -0.367 e. The Morgan fingerprint density at radius 2 is 2.21 bits per heavy atom. The fraction of sp³-hybridized carbons (Fsp3) is 0.600. The van der Waals surface area contributed by atoms with Crippen LogP contribution >= 0.6 is 11.6 Å². The minimum absolute atomic E-state index is 0.0161. The number of aromatic nitrogens is 2. The van der Waals surface area contributed by atoms with E-state index < -0.39 is 15.8 Å². The highest BCUT2D eigenvalue weighted by Crippen LogP contribution is 2.11. The van der Waals surface area contributed by atoms with Gasteiger partial charge in [-0.25, -0.2) is 22.1 Å².